The quantitative estimate of drug-likeness (QED) is 0.476. The van der Waals surface area contributed by atoms with Crippen LogP contribution in [0.2, 0.25) is 0 Å². The molecule has 0 N–H and O–H groups in total. The molecule has 0 fully saturated rings. The first kappa shape index (κ1) is 7.21. The van der Waals surface area contributed by atoms with Gasteiger partial charge in [0.1, 0.15) is 0 Å². The maximum Gasteiger partial charge on any atom is 0.210 e. The highest BCUT2D eigenvalue weighted by Crippen LogP contribution is 2.13. The van der Waals surface area contributed by atoms with Crippen LogP contribution in [0.1, 0.15) is 0 Å². The van der Waals surface area contributed by atoms with Gasteiger partial charge in [-0.05, 0) is 0 Å². The van der Waals surface area contributed by atoms with Crippen LogP contribution in [-0.2, 0) is 0 Å². The fourth-order valence-electron chi connectivity index (χ4n) is 0.445. The van der Waals surface area contributed by atoms with Gasteiger partial charge in [0.2, 0.25) is 5.13 Å². The minimum Gasteiger partial charge on any atom is -0.369 e. The first-order valence-electron chi connectivity index (χ1n) is 2.89. The van der Waals surface area contributed by atoms with Crippen molar-refractivity contribution >= 4 is 22.8 Å². The first-order chi connectivity index (χ1) is 4.79. The van der Waals surface area contributed by atoms with Crippen LogP contribution in [0.15, 0.2) is 16.6 Å². The summed E-state index contributed by atoms with van der Waals surface area (Å²) in [5, 5.41) is 2.70. The second kappa shape index (κ2) is 3.31. The molecule has 10 heavy (non-hydrogen) atoms. The van der Waals surface area contributed by atoms with Gasteiger partial charge >= 0.3 is 0 Å². The van der Waals surface area contributed by atoms with Crippen molar-refractivity contribution in [3.05, 3.63) is 11.6 Å². The summed E-state index contributed by atoms with van der Waals surface area (Å²) in [6, 6.07) is 0. The minimum atomic E-state index is 0.800. The second-order valence-electron chi connectivity index (χ2n) is 2.02. The summed E-state index contributed by atoms with van der Waals surface area (Å²) in [6.45, 7) is 0. The van der Waals surface area contributed by atoms with Crippen LogP contribution in [0.5, 0.6) is 0 Å². The van der Waals surface area contributed by atoms with Gasteiger partial charge in [0, 0.05) is 25.7 Å². The highest BCUT2D eigenvalue weighted by Gasteiger charge is 1.86. The summed E-state index contributed by atoms with van der Waals surface area (Å²) in [7, 11) is 3.86. The van der Waals surface area contributed by atoms with Gasteiger partial charge in [-0.1, -0.05) is 0 Å². The lowest BCUT2D eigenvalue weighted by atomic mass is 10.9. The zero-order valence-corrected chi connectivity index (χ0v) is 6.80. The lowest BCUT2D eigenvalue weighted by Gasteiger charge is -1.99. The Balaban J connectivity index is 2.55. The second-order valence-corrected chi connectivity index (χ2v) is 2.90. The maximum absolute atomic E-state index is 4.07. The third-order valence-corrected chi connectivity index (χ3v) is 1.50. The molecule has 1 heterocycles. The number of thiazole rings is 1. The van der Waals surface area contributed by atoms with E-state index in [2.05, 4.69) is 9.98 Å². The number of aliphatic imine (C=N–C) groups is 1. The van der Waals surface area contributed by atoms with Crippen LogP contribution in [0.3, 0.4) is 0 Å². The zero-order valence-electron chi connectivity index (χ0n) is 5.98. The predicted octanol–water partition coefficient (Wildman–Crippen LogP) is 1.36. The molecular weight excluding hydrogens is 146 g/mol. The molecule has 3 nitrogen and oxygen atoms in total. The molecule has 0 aromatic carbocycles. The molecule has 0 bridgehead atoms. The van der Waals surface area contributed by atoms with Gasteiger partial charge in [-0.3, -0.25) is 0 Å². The van der Waals surface area contributed by atoms with E-state index in [1.165, 1.54) is 11.3 Å². The first-order valence-corrected chi connectivity index (χ1v) is 3.77. The standard InChI is InChI=1S/C6H9N3S/c1-9(2)5-8-6-7-3-4-10-6/h3-5H,1-2H3/b8-5+. The predicted molar refractivity (Wildman–Crippen MR) is 44.0 cm³/mol. The van der Waals surface area contributed by atoms with Gasteiger partial charge in [-0.15, -0.1) is 11.3 Å². The lowest BCUT2D eigenvalue weighted by Crippen LogP contribution is -2.06. The zero-order chi connectivity index (χ0) is 7.40. The van der Waals surface area contributed by atoms with Crippen molar-refractivity contribution in [2.24, 2.45) is 4.99 Å². The number of rotatable bonds is 2. The summed E-state index contributed by atoms with van der Waals surface area (Å²) in [5.74, 6) is 0. The molecule has 0 aliphatic carbocycles. The van der Waals surface area contributed by atoms with Gasteiger partial charge in [0.25, 0.3) is 0 Å². The van der Waals surface area contributed by atoms with Crippen LogP contribution in [0.4, 0.5) is 5.13 Å². The van der Waals surface area contributed by atoms with Crippen LogP contribution in [0.25, 0.3) is 0 Å². The molecule has 0 aliphatic rings. The third kappa shape index (κ3) is 2.14. The SMILES string of the molecule is CN(C)/C=N/c1nccs1. The van der Waals surface area contributed by atoms with E-state index in [9.17, 15) is 0 Å². The summed E-state index contributed by atoms with van der Waals surface area (Å²) in [5.41, 5.74) is 0. The van der Waals surface area contributed by atoms with Crippen LogP contribution in [0, 0.1) is 0 Å². The lowest BCUT2D eigenvalue weighted by molar-refractivity contribution is 0.643. The molecule has 54 valence electrons. The Morgan fingerprint density at radius 1 is 1.70 bits per heavy atom. The molecule has 0 saturated carbocycles. The van der Waals surface area contributed by atoms with Crippen LogP contribution >= 0.6 is 11.3 Å². The Bertz CT molecular complexity index is 203. The van der Waals surface area contributed by atoms with E-state index in [1.807, 2.05) is 24.4 Å². The Morgan fingerprint density at radius 3 is 3.00 bits per heavy atom. The van der Waals surface area contributed by atoms with Gasteiger partial charge in [0.05, 0.1) is 6.34 Å². The number of hydrogen-bond acceptors (Lipinski definition) is 3. The smallest absolute Gasteiger partial charge is 0.210 e. The molecule has 0 atom stereocenters. The third-order valence-electron chi connectivity index (χ3n) is 0.818. The molecule has 4 heteroatoms. The molecule has 1 rings (SSSR count). The van der Waals surface area contributed by atoms with Crippen LogP contribution < -0.4 is 0 Å². The molecular formula is C6H9N3S. The van der Waals surface area contributed by atoms with E-state index in [-0.39, 0.29) is 0 Å². The van der Waals surface area contributed by atoms with Crippen molar-refractivity contribution in [3.8, 4) is 0 Å². The largest absolute Gasteiger partial charge is 0.369 e. The summed E-state index contributed by atoms with van der Waals surface area (Å²) in [4.78, 5) is 9.93. The Morgan fingerprint density at radius 2 is 2.50 bits per heavy atom. The number of nitrogens with zero attached hydrogens (tertiary/aromatic N) is 3. The molecule has 0 aliphatic heterocycles. The van der Waals surface area contributed by atoms with Crippen LogP contribution in [-0.4, -0.2) is 30.3 Å². The Hall–Kier alpha value is -0.900. The highest BCUT2D eigenvalue weighted by atomic mass is 32.1. The molecule has 1 aromatic heterocycles. The normalized spacial score (nSPS) is 10.6. The van der Waals surface area contributed by atoms with E-state index in [0.717, 1.165) is 5.13 Å². The van der Waals surface area contributed by atoms with Gasteiger partial charge < -0.3 is 4.90 Å². The van der Waals surface area contributed by atoms with E-state index >= 15 is 0 Å². The molecule has 1 aromatic rings. The number of aromatic nitrogens is 1. The van der Waals surface area contributed by atoms with Gasteiger partial charge in [-0.2, -0.15) is 0 Å². The molecule has 0 amide bonds. The van der Waals surface area contributed by atoms with Crippen molar-refractivity contribution < 1.29 is 0 Å². The monoisotopic (exact) mass is 155 g/mol. The average molecular weight is 155 g/mol. The topological polar surface area (TPSA) is 28.5 Å². The summed E-state index contributed by atoms with van der Waals surface area (Å²) < 4.78 is 0. The Kier molecular flexibility index (Phi) is 2.39. The fraction of sp³-hybridized carbons (Fsp3) is 0.333. The van der Waals surface area contributed by atoms with Crippen molar-refractivity contribution in [1.82, 2.24) is 9.88 Å². The maximum atomic E-state index is 4.07. The molecule has 0 saturated heterocycles. The van der Waals surface area contributed by atoms with E-state index in [0.29, 0.717) is 0 Å². The van der Waals surface area contributed by atoms with E-state index in [1.54, 1.807) is 12.5 Å². The van der Waals surface area contributed by atoms with E-state index < -0.39 is 0 Å². The summed E-state index contributed by atoms with van der Waals surface area (Å²) in [6.07, 6.45) is 3.48. The van der Waals surface area contributed by atoms with Gasteiger partial charge in [-0.25, -0.2) is 9.98 Å². The Labute approximate surface area is 64.0 Å². The van der Waals surface area contributed by atoms with E-state index in [4.69, 9.17) is 0 Å². The highest BCUT2D eigenvalue weighted by molar-refractivity contribution is 7.13. The average Bonchev–Trinajstić information content (AvgIpc) is 2.34. The van der Waals surface area contributed by atoms with Crippen molar-refractivity contribution in [2.75, 3.05) is 14.1 Å². The molecule has 0 unspecified atom stereocenters. The van der Waals surface area contributed by atoms with Crippen molar-refractivity contribution in [3.63, 3.8) is 0 Å². The minimum absolute atomic E-state index is 0.800. The summed E-state index contributed by atoms with van der Waals surface area (Å²) >= 11 is 1.53. The molecule has 0 spiro atoms. The van der Waals surface area contributed by atoms with Gasteiger partial charge in [0.15, 0.2) is 0 Å². The van der Waals surface area contributed by atoms with Crippen molar-refractivity contribution in [1.29, 1.82) is 0 Å². The van der Waals surface area contributed by atoms with Crippen molar-refractivity contribution in [2.45, 2.75) is 0 Å². The number of hydrogen-bond donors (Lipinski definition) is 0. The molecule has 0 radical (unpaired) electrons. The fourth-order valence-corrected chi connectivity index (χ4v) is 0.918.